The normalized spacial score (nSPS) is 20.4. The molecule has 1 aliphatic heterocycles. The third-order valence-electron chi connectivity index (χ3n) is 3.28. The smallest absolute Gasteiger partial charge is 0.0662 e. The number of aromatic amines is 1. The van der Waals surface area contributed by atoms with Crippen molar-refractivity contribution < 1.29 is 0 Å². The maximum Gasteiger partial charge on any atom is 0.0662 e. The molecule has 1 atom stereocenters. The van der Waals surface area contributed by atoms with Crippen molar-refractivity contribution in [1.82, 2.24) is 10.3 Å². The van der Waals surface area contributed by atoms with Gasteiger partial charge in [0.05, 0.1) is 6.04 Å². The summed E-state index contributed by atoms with van der Waals surface area (Å²) in [4.78, 5) is 3.54. The average Bonchev–Trinajstić information content (AvgIpc) is 2.69. The van der Waals surface area contributed by atoms with E-state index in [1.807, 2.05) is 0 Å². The van der Waals surface area contributed by atoms with E-state index >= 15 is 0 Å². The highest BCUT2D eigenvalue weighted by Crippen LogP contribution is 2.30. The molecule has 82 valence electrons. The Labute approximate surface area is 95.4 Å². The van der Waals surface area contributed by atoms with Crippen LogP contribution in [0.4, 0.5) is 0 Å². The van der Waals surface area contributed by atoms with Crippen LogP contribution in [-0.2, 0) is 6.42 Å². The molecule has 0 bridgehead atoms. The molecule has 0 radical (unpaired) electrons. The summed E-state index contributed by atoms with van der Waals surface area (Å²) < 4.78 is 0. The summed E-state index contributed by atoms with van der Waals surface area (Å²) in [5.41, 5.74) is 4.08. The van der Waals surface area contributed by atoms with E-state index in [9.17, 15) is 0 Å². The van der Waals surface area contributed by atoms with Crippen LogP contribution in [-0.4, -0.2) is 11.5 Å². The highest BCUT2D eigenvalue weighted by Gasteiger charge is 2.21. The van der Waals surface area contributed by atoms with Crippen LogP contribution in [0.1, 0.15) is 24.2 Å². The van der Waals surface area contributed by atoms with Gasteiger partial charge in [-0.2, -0.15) is 0 Å². The molecule has 0 aliphatic carbocycles. The van der Waals surface area contributed by atoms with Gasteiger partial charge in [-0.1, -0.05) is 30.4 Å². The number of fused-ring (bicyclic) bond motifs is 3. The van der Waals surface area contributed by atoms with Gasteiger partial charge in [0, 0.05) is 23.1 Å². The molecule has 2 heteroatoms. The molecule has 16 heavy (non-hydrogen) atoms. The number of H-pyrrole nitrogens is 1. The molecule has 2 nitrogen and oxygen atoms in total. The zero-order chi connectivity index (χ0) is 11.0. The molecule has 3 rings (SSSR count). The quantitative estimate of drug-likeness (QED) is 0.699. The van der Waals surface area contributed by atoms with Gasteiger partial charge in [0.1, 0.15) is 0 Å². The summed E-state index contributed by atoms with van der Waals surface area (Å²) in [5, 5.41) is 4.90. The van der Waals surface area contributed by atoms with Crippen LogP contribution in [0.3, 0.4) is 0 Å². The lowest BCUT2D eigenvalue weighted by atomic mass is 9.99. The largest absolute Gasteiger partial charge is 0.357 e. The van der Waals surface area contributed by atoms with Crippen molar-refractivity contribution in [3.8, 4) is 0 Å². The number of aromatic nitrogens is 1. The van der Waals surface area contributed by atoms with E-state index in [2.05, 4.69) is 53.6 Å². The predicted molar refractivity (Wildman–Crippen MR) is 67.6 cm³/mol. The van der Waals surface area contributed by atoms with Crippen LogP contribution < -0.4 is 5.32 Å². The van der Waals surface area contributed by atoms with E-state index in [1.54, 1.807) is 0 Å². The third kappa shape index (κ3) is 1.38. The number of hydrogen-bond acceptors (Lipinski definition) is 1. The molecule has 0 spiro atoms. The van der Waals surface area contributed by atoms with Crippen LogP contribution in [0.5, 0.6) is 0 Å². The second kappa shape index (κ2) is 3.80. The van der Waals surface area contributed by atoms with Gasteiger partial charge in [0.15, 0.2) is 0 Å². The molecular formula is C14H16N2. The molecule has 0 saturated heterocycles. The Kier molecular flexibility index (Phi) is 2.29. The lowest BCUT2D eigenvalue weighted by Gasteiger charge is -2.21. The summed E-state index contributed by atoms with van der Waals surface area (Å²) in [6, 6.07) is 8.91. The molecule has 2 heterocycles. The lowest BCUT2D eigenvalue weighted by Crippen LogP contribution is -2.28. The highest BCUT2D eigenvalue weighted by molar-refractivity contribution is 5.85. The Morgan fingerprint density at radius 3 is 3.06 bits per heavy atom. The molecule has 0 saturated carbocycles. The second-order valence-electron chi connectivity index (χ2n) is 4.27. The molecule has 1 aromatic heterocycles. The standard InChI is InChI=1S/C14H16N2/c1-2-5-13-14-11(8-9-15-13)10-6-3-4-7-12(10)16-14/h2-7,13,15-16H,8-9H2,1H3/b5-2+. The summed E-state index contributed by atoms with van der Waals surface area (Å²) in [7, 11) is 0. The van der Waals surface area contributed by atoms with Gasteiger partial charge in [-0.25, -0.2) is 0 Å². The van der Waals surface area contributed by atoms with Crippen LogP contribution in [0, 0.1) is 0 Å². The summed E-state index contributed by atoms with van der Waals surface area (Å²) in [5.74, 6) is 0. The zero-order valence-electron chi connectivity index (χ0n) is 9.46. The summed E-state index contributed by atoms with van der Waals surface area (Å²) in [6.45, 7) is 3.13. The number of rotatable bonds is 1. The number of para-hydroxylation sites is 1. The van der Waals surface area contributed by atoms with Crippen LogP contribution in [0.15, 0.2) is 36.4 Å². The first-order chi connectivity index (χ1) is 7.90. The Bertz CT molecular complexity index is 537. The first kappa shape index (κ1) is 9.67. The van der Waals surface area contributed by atoms with E-state index in [1.165, 1.54) is 22.2 Å². The Morgan fingerprint density at radius 1 is 1.31 bits per heavy atom. The van der Waals surface area contributed by atoms with Crippen molar-refractivity contribution in [2.24, 2.45) is 0 Å². The predicted octanol–water partition coefficient (Wildman–Crippen LogP) is 2.93. The lowest BCUT2D eigenvalue weighted by molar-refractivity contribution is 0.573. The molecule has 1 aliphatic rings. The Balaban J connectivity index is 2.21. The monoisotopic (exact) mass is 212 g/mol. The fourth-order valence-corrected chi connectivity index (χ4v) is 2.57. The van der Waals surface area contributed by atoms with E-state index in [-0.39, 0.29) is 0 Å². The molecule has 1 aromatic carbocycles. The van der Waals surface area contributed by atoms with Crippen LogP contribution in [0.25, 0.3) is 10.9 Å². The summed E-state index contributed by atoms with van der Waals surface area (Å²) >= 11 is 0. The Morgan fingerprint density at radius 2 is 2.19 bits per heavy atom. The molecule has 0 fully saturated rings. The maximum atomic E-state index is 3.54. The van der Waals surface area contributed by atoms with Gasteiger partial charge < -0.3 is 10.3 Å². The molecule has 2 N–H and O–H groups in total. The van der Waals surface area contributed by atoms with Crippen molar-refractivity contribution >= 4 is 10.9 Å². The van der Waals surface area contributed by atoms with Crippen molar-refractivity contribution in [2.75, 3.05) is 6.54 Å². The van der Waals surface area contributed by atoms with Gasteiger partial charge >= 0.3 is 0 Å². The molecule has 1 unspecified atom stereocenters. The molecular weight excluding hydrogens is 196 g/mol. The zero-order valence-corrected chi connectivity index (χ0v) is 9.46. The van der Waals surface area contributed by atoms with Crippen molar-refractivity contribution in [3.05, 3.63) is 47.7 Å². The number of hydrogen-bond donors (Lipinski definition) is 2. The van der Waals surface area contributed by atoms with Gasteiger partial charge in [0.25, 0.3) is 0 Å². The number of allylic oxidation sites excluding steroid dienone is 1. The van der Waals surface area contributed by atoms with Crippen molar-refractivity contribution in [2.45, 2.75) is 19.4 Å². The minimum atomic E-state index is 0.348. The topological polar surface area (TPSA) is 27.8 Å². The molecule has 2 aromatic rings. The maximum absolute atomic E-state index is 3.54. The average molecular weight is 212 g/mol. The van der Waals surface area contributed by atoms with Gasteiger partial charge in [-0.3, -0.25) is 0 Å². The third-order valence-corrected chi connectivity index (χ3v) is 3.28. The minimum absolute atomic E-state index is 0.348. The molecule has 0 amide bonds. The van der Waals surface area contributed by atoms with Gasteiger partial charge in [-0.15, -0.1) is 0 Å². The van der Waals surface area contributed by atoms with Crippen molar-refractivity contribution in [1.29, 1.82) is 0 Å². The van der Waals surface area contributed by atoms with Gasteiger partial charge in [-0.05, 0) is 25.0 Å². The fraction of sp³-hybridized carbons (Fsp3) is 0.286. The van der Waals surface area contributed by atoms with Crippen molar-refractivity contribution in [3.63, 3.8) is 0 Å². The first-order valence-electron chi connectivity index (χ1n) is 5.86. The van der Waals surface area contributed by atoms with E-state index in [4.69, 9.17) is 0 Å². The van der Waals surface area contributed by atoms with Crippen LogP contribution >= 0.6 is 0 Å². The first-order valence-corrected chi connectivity index (χ1v) is 5.86. The highest BCUT2D eigenvalue weighted by atomic mass is 15.0. The van der Waals surface area contributed by atoms with E-state index in [0.717, 1.165) is 13.0 Å². The van der Waals surface area contributed by atoms with E-state index < -0.39 is 0 Å². The minimum Gasteiger partial charge on any atom is -0.357 e. The van der Waals surface area contributed by atoms with E-state index in [0.29, 0.717) is 6.04 Å². The second-order valence-corrected chi connectivity index (χ2v) is 4.27. The van der Waals surface area contributed by atoms with Crippen LogP contribution in [0.2, 0.25) is 0 Å². The fourth-order valence-electron chi connectivity index (χ4n) is 2.57. The number of benzene rings is 1. The number of nitrogens with one attached hydrogen (secondary N) is 2. The SMILES string of the molecule is C/C=C/C1NCCc2c1[nH]c1ccccc21. The Hall–Kier alpha value is -1.54. The van der Waals surface area contributed by atoms with Gasteiger partial charge in [0.2, 0.25) is 0 Å². The summed E-state index contributed by atoms with van der Waals surface area (Å²) in [6.07, 6.45) is 5.44.